The van der Waals surface area contributed by atoms with Crippen LogP contribution < -0.4 is 10.1 Å². The fourth-order valence-corrected chi connectivity index (χ4v) is 8.21. The molecule has 1 saturated heterocycles. The van der Waals surface area contributed by atoms with Crippen molar-refractivity contribution in [2.45, 2.75) is 102 Å². The van der Waals surface area contributed by atoms with Gasteiger partial charge in [-0.1, -0.05) is 124 Å². The molecule has 1 aliphatic rings. The molecule has 3 heterocycles. The van der Waals surface area contributed by atoms with Gasteiger partial charge < -0.3 is 29.2 Å². The van der Waals surface area contributed by atoms with Crippen LogP contribution in [0.15, 0.2) is 97.6 Å². The van der Waals surface area contributed by atoms with Crippen molar-refractivity contribution in [2.24, 2.45) is 11.8 Å². The summed E-state index contributed by atoms with van der Waals surface area (Å²) in [6, 6.07) is 25.7. The highest BCUT2D eigenvalue weighted by atomic mass is 19.2. The second-order valence-electron chi connectivity index (χ2n) is 16.3. The molecule has 6 rings (SSSR count). The first-order chi connectivity index (χ1) is 29.2. The van der Waals surface area contributed by atoms with E-state index in [1.165, 1.54) is 10.9 Å². The highest BCUT2D eigenvalue weighted by Crippen LogP contribution is 2.55. The molecule has 1 amide bonds. The number of carboxylic acids is 1. The molecule has 1 unspecified atom stereocenters. The summed E-state index contributed by atoms with van der Waals surface area (Å²) in [6.45, 7) is 6.33. The van der Waals surface area contributed by atoms with Crippen molar-refractivity contribution in [1.29, 1.82) is 0 Å². The number of hydrogen-bond donors (Lipinski definition) is 3. The average molecular weight is 836 g/mol. The molecule has 1 aliphatic heterocycles. The smallest absolute Gasteiger partial charge is 0.413 e. The highest BCUT2D eigenvalue weighted by Gasteiger charge is 2.69. The minimum absolute atomic E-state index is 0.00430. The maximum atomic E-state index is 18.8. The van der Waals surface area contributed by atoms with Crippen molar-refractivity contribution in [3.8, 4) is 18.1 Å². The molecule has 13 nitrogen and oxygen atoms in total. The van der Waals surface area contributed by atoms with Gasteiger partial charge in [0, 0.05) is 0 Å². The fourth-order valence-electron chi connectivity index (χ4n) is 8.21. The van der Waals surface area contributed by atoms with E-state index in [0.717, 1.165) is 32.0 Å². The number of methoxy groups -OCH3 is 1. The molecule has 61 heavy (non-hydrogen) atoms. The Morgan fingerprint density at radius 2 is 1.54 bits per heavy atom. The number of terminal acetylenes is 1. The van der Waals surface area contributed by atoms with E-state index in [1.54, 1.807) is 40.0 Å². The number of anilines is 1. The third-order valence-corrected chi connectivity index (χ3v) is 11.0. The quantitative estimate of drug-likeness (QED) is 0.0439. The summed E-state index contributed by atoms with van der Waals surface area (Å²) < 4.78 is 44.1. The summed E-state index contributed by atoms with van der Waals surface area (Å²) in [4.78, 5) is 39.0. The molecular formula is C47H54FN5O8. The van der Waals surface area contributed by atoms with Crippen LogP contribution in [0.3, 0.4) is 0 Å². The number of nitrogens with one attached hydrogen (secondary N) is 1. The highest BCUT2D eigenvalue weighted by molar-refractivity contribution is 5.93. The lowest BCUT2D eigenvalue weighted by Gasteiger charge is -2.40. The molecule has 0 radical (unpaired) electrons. The number of halogens is 1. The number of carbonyl (C=O) groups is 2. The lowest BCUT2D eigenvalue weighted by Crippen LogP contribution is -2.52. The van der Waals surface area contributed by atoms with Crippen molar-refractivity contribution in [1.82, 2.24) is 19.5 Å². The maximum Gasteiger partial charge on any atom is 0.413 e. The van der Waals surface area contributed by atoms with Crippen molar-refractivity contribution in [2.75, 3.05) is 19.0 Å². The molecule has 3 N–H and O–H groups in total. The zero-order chi connectivity index (χ0) is 43.8. The lowest BCUT2D eigenvalue weighted by atomic mass is 9.73. The third-order valence-electron chi connectivity index (χ3n) is 11.0. The molecule has 0 saturated carbocycles. The first-order valence-corrected chi connectivity index (χ1v) is 20.6. The molecule has 0 aliphatic carbocycles. The van der Waals surface area contributed by atoms with Crippen molar-refractivity contribution >= 4 is 29.0 Å². The average Bonchev–Trinajstić information content (AvgIpc) is 3.78. The van der Waals surface area contributed by atoms with Crippen LogP contribution in [0.4, 0.5) is 15.0 Å². The van der Waals surface area contributed by atoms with Crippen molar-refractivity contribution in [3.05, 3.63) is 114 Å². The number of aliphatic hydroxyl groups is 1. The molecule has 14 heteroatoms. The molecule has 1 fully saturated rings. The second-order valence-corrected chi connectivity index (χ2v) is 16.3. The molecule has 5 atom stereocenters. The van der Waals surface area contributed by atoms with E-state index in [2.05, 4.69) is 33.1 Å². The monoisotopic (exact) mass is 835 g/mol. The number of aromatic nitrogens is 4. The van der Waals surface area contributed by atoms with Gasteiger partial charge in [0.15, 0.2) is 28.8 Å². The number of imidazole rings is 1. The van der Waals surface area contributed by atoms with Crippen LogP contribution in [-0.2, 0) is 24.6 Å². The van der Waals surface area contributed by atoms with Crippen LogP contribution >= 0.6 is 0 Å². The summed E-state index contributed by atoms with van der Waals surface area (Å²) in [7, 11) is 1.55. The number of fused-ring (bicyclic) bond motifs is 1. The standard InChI is InChI=1S/C47H54FN5O8/c1-7-9-10-11-12-19-24-36(41(54)55)38-45(57,8-2)42(53-31-51-37-39(49-30-50-40(37)53)52-43(56)61-44(3,4)5)60-46(38,48)29-59-47(32-20-15-13-16-21-32,33-22-17-14-18-23-33)34-25-27-35(58-6)28-26-34/h2,13-18,20-23,25-28,30-31,36,38,42,57H,7,9-12,19,24,29H2,1,3-6H3,(H,54,55)(H,49,50,52,56)/t36-,38-,42+,45-,46?/m0/s1. The summed E-state index contributed by atoms with van der Waals surface area (Å²) in [5.41, 5.74) is -2.99. The molecular weight excluding hydrogens is 782 g/mol. The number of aliphatic carboxylic acids is 1. The van der Waals surface area contributed by atoms with Gasteiger partial charge in [0.1, 0.15) is 29.9 Å². The zero-order valence-corrected chi connectivity index (χ0v) is 35.2. The van der Waals surface area contributed by atoms with Gasteiger partial charge in [0.25, 0.3) is 0 Å². The minimum Gasteiger partial charge on any atom is -0.497 e. The summed E-state index contributed by atoms with van der Waals surface area (Å²) in [5, 5.41) is 26.2. The third kappa shape index (κ3) is 9.39. The van der Waals surface area contributed by atoms with E-state index in [0.29, 0.717) is 35.3 Å². The predicted octanol–water partition coefficient (Wildman–Crippen LogP) is 8.82. The largest absolute Gasteiger partial charge is 0.497 e. The molecule has 5 aromatic rings. The fraction of sp³-hybridized carbons (Fsp3) is 0.426. The Kier molecular flexibility index (Phi) is 13.8. The topological polar surface area (TPSA) is 167 Å². The molecule has 0 spiro atoms. The van der Waals surface area contributed by atoms with Gasteiger partial charge >= 0.3 is 12.1 Å². The van der Waals surface area contributed by atoms with E-state index in [9.17, 15) is 19.8 Å². The Labute approximate surface area is 355 Å². The number of nitrogens with zero attached hydrogens (tertiary/aromatic N) is 4. The van der Waals surface area contributed by atoms with Crippen LogP contribution in [0.2, 0.25) is 0 Å². The number of alkyl halides is 1. The summed E-state index contributed by atoms with van der Waals surface area (Å²) >= 11 is 0. The van der Waals surface area contributed by atoms with Gasteiger partial charge in [-0.2, -0.15) is 0 Å². The Balaban J connectivity index is 1.48. The maximum absolute atomic E-state index is 18.8. The van der Waals surface area contributed by atoms with E-state index in [4.69, 9.17) is 25.4 Å². The van der Waals surface area contributed by atoms with E-state index >= 15 is 4.39 Å². The van der Waals surface area contributed by atoms with Crippen LogP contribution in [0.25, 0.3) is 11.2 Å². The summed E-state index contributed by atoms with van der Waals surface area (Å²) in [6.07, 6.45) is 11.0. The van der Waals surface area contributed by atoms with Gasteiger partial charge in [-0.15, -0.1) is 6.42 Å². The number of hydrogen-bond acceptors (Lipinski definition) is 10. The van der Waals surface area contributed by atoms with Crippen LogP contribution in [0, 0.1) is 24.2 Å². The Bertz CT molecular complexity index is 2260. The molecule has 3 aromatic carbocycles. The van der Waals surface area contributed by atoms with E-state index in [-0.39, 0.29) is 23.4 Å². The normalized spacial score (nSPS) is 20.8. The molecule has 0 bridgehead atoms. The van der Waals surface area contributed by atoms with Gasteiger partial charge in [-0.25, -0.2) is 24.1 Å². The van der Waals surface area contributed by atoms with Gasteiger partial charge in [0.2, 0.25) is 5.85 Å². The van der Waals surface area contributed by atoms with Gasteiger partial charge in [0.05, 0.1) is 25.3 Å². The van der Waals surface area contributed by atoms with E-state index < -0.39 is 59.4 Å². The first kappa shape index (κ1) is 44.7. The number of carboxylic acid groups (broad SMARTS) is 1. The number of benzene rings is 3. The van der Waals surface area contributed by atoms with Gasteiger partial charge in [-0.05, 0) is 56.0 Å². The molecule has 322 valence electrons. The molecule has 2 aromatic heterocycles. The number of unbranched alkanes of at least 4 members (excludes halogenated alkanes) is 5. The summed E-state index contributed by atoms with van der Waals surface area (Å²) in [5.74, 6) is -4.89. The van der Waals surface area contributed by atoms with Crippen LogP contribution in [-0.4, -0.2) is 72.6 Å². The minimum atomic E-state index is -3.04. The van der Waals surface area contributed by atoms with Gasteiger partial charge in [-0.3, -0.25) is 14.7 Å². The van der Waals surface area contributed by atoms with Crippen LogP contribution in [0.1, 0.15) is 95.6 Å². The number of carbonyl (C=O) groups excluding carboxylic acids is 1. The lowest BCUT2D eigenvalue weighted by molar-refractivity contribution is -0.224. The Hall–Kier alpha value is -5.88. The predicted molar refractivity (Wildman–Crippen MR) is 227 cm³/mol. The zero-order valence-electron chi connectivity index (χ0n) is 35.2. The Morgan fingerprint density at radius 1 is 0.934 bits per heavy atom. The van der Waals surface area contributed by atoms with Crippen LogP contribution in [0.5, 0.6) is 5.75 Å². The van der Waals surface area contributed by atoms with Crippen molar-refractivity contribution in [3.63, 3.8) is 0 Å². The number of amides is 1. The SMILES string of the molecule is C#C[C@]1(O)[C@H]([C@H](CCCCCCCC)C(=O)O)C(F)(COC(c2ccccc2)(c2ccccc2)c2ccc(OC)cc2)O[C@H]1n1cnc2c(NC(=O)OC(C)(C)C)ncnc21. The number of rotatable bonds is 18. The number of ether oxygens (including phenoxy) is 4. The Morgan fingerprint density at radius 3 is 2.11 bits per heavy atom. The second kappa shape index (κ2) is 18.8. The first-order valence-electron chi connectivity index (χ1n) is 20.6. The van der Waals surface area contributed by atoms with Crippen molar-refractivity contribution < 1.29 is 43.1 Å². The van der Waals surface area contributed by atoms with E-state index in [1.807, 2.05) is 72.8 Å².